The molecule has 0 aliphatic rings. The van der Waals surface area contributed by atoms with Gasteiger partial charge in [0.15, 0.2) is 17.1 Å². The summed E-state index contributed by atoms with van der Waals surface area (Å²) in [6, 6.07) is 18.3. The molecular weight excluding hydrogens is 344 g/mol. The van der Waals surface area contributed by atoms with E-state index in [-0.39, 0.29) is 0 Å². The number of rotatable bonds is 1. The first-order valence-corrected chi connectivity index (χ1v) is 9.16. The summed E-state index contributed by atoms with van der Waals surface area (Å²) >= 11 is 1.74. The molecule has 0 atom stereocenters. The van der Waals surface area contributed by atoms with Crippen LogP contribution in [0.5, 0.6) is 0 Å². The van der Waals surface area contributed by atoms with Gasteiger partial charge in [-0.3, -0.25) is 0 Å². The summed E-state index contributed by atoms with van der Waals surface area (Å²) in [4.78, 5) is 9.10. The highest BCUT2D eigenvalue weighted by Gasteiger charge is 2.14. The largest absolute Gasteiger partial charge is 0.441 e. The molecule has 0 unspecified atom stereocenters. The molecule has 0 N–H and O–H groups in total. The molecule has 0 radical (unpaired) electrons. The quantitative estimate of drug-likeness (QED) is 0.346. The standard InChI is InChI=1S/C21H12N2O2S/c1-11-22-15-9-19-13(7-17(15)24-11)14-8-18-16(10-20(14)26-19)23-21(25-18)12-5-3-2-4-6-12/h2-10H,1H3. The molecule has 3 aromatic heterocycles. The first kappa shape index (κ1) is 14.0. The summed E-state index contributed by atoms with van der Waals surface area (Å²) in [6.07, 6.45) is 0. The average molecular weight is 356 g/mol. The van der Waals surface area contributed by atoms with Crippen molar-refractivity contribution in [3.05, 3.63) is 60.5 Å². The molecule has 3 aromatic carbocycles. The molecule has 6 aromatic rings. The van der Waals surface area contributed by atoms with E-state index in [9.17, 15) is 0 Å². The van der Waals surface area contributed by atoms with Crippen molar-refractivity contribution in [2.45, 2.75) is 6.92 Å². The lowest BCUT2D eigenvalue weighted by Crippen LogP contribution is -1.74. The third-order valence-corrected chi connectivity index (χ3v) is 5.73. The molecule has 4 nitrogen and oxygen atoms in total. The van der Waals surface area contributed by atoms with E-state index in [1.54, 1.807) is 11.3 Å². The Kier molecular flexibility index (Phi) is 2.66. The van der Waals surface area contributed by atoms with E-state index in [2.05, 4.69) is 34.2 Å². The zero-order valence-corrected chi connectivity index (χ0v) is 14.6. The van der Waals surface area contributed by atoms with E-state index in [0.717, 1.165) is 38.5 Å². The van der Waals surface area contributed by atoms with Gasteiger partial charge in [-0.05, 0) is 36.4 Å². The Balaban J connectivity index is 1.64. The third-order valence-electron chi connectivity index (χ3n) is 4.62. The lowest BCUT2D eigenvalue weighted by molar-refractivity contribution is 0.561. The zero-order valence-electron chi connectivity index (χ0n) is 13.8. The molecule has 124 valence electrons. The molecular formula is C21H12N2O2S. The Hall–Kier alpha value is -3.18. The highest BCUT2D eigenvalue weighted by atomic mass is 32.1. The van der Waals surface area contributed by atoms with Crippen LogP contribution in [-0.2, 0) is 0 Å². The van der Waals surface area contributed by atoms with Gasteiger partial charge >= 0.3 is 0 Å². The summed E-state index contributed by atoms with van der Waals surface area (Å²) in [5.41, 5.74) is 4.37. The molecule has 3 heterocycles. The van der Waals surface area contributed by atoms with Crippen LogP contribution in [0, 0.1) is 6.92 Å². The lowest BCUT2D eigenvalue weighted by Gasteiger charge is -1.92. The number of hydrogen-bond donors (Lipinski definition) is 0. The predicted molar refractivity (Wildman–Crippen MR) is 105 cm³/mol. The molecule has 0 aliphatic carbocycles. The highest BCUT2D eigenvalue weighted by Crippen LogP contribution is 2.39. The monoisotopic (exact) mass is 356 g/mol. The summed E-state index contributed by atoms with van der Waals surface area (Å²) in [7, 11) is 0. The number of aromatic nitrogens is 2. The van der Waals surface area contributed by atoms with Crippen LogP contribution in [-0.4, -0.2) is 9.97 Å². The minimum absolute atomic E-state index is 0.649. The first-order chi connectivity index (χ1) is 12.7. The number of nitrogens with zero attached hydrogens (tertiary/aromatic N) is 2. The molecule has 5 heteroatoms. The van der Waals surface area contributed by atoms with Gasteiger partial charge in [-0.2, -0.15) is 0 Å². The van der Waals surface area contributed by atoms with Gasteiger partial charge in [0.2, 0.25) is 5.89 Å². The van der Waals surface area contributed by atoms with Gasteiger partial charge in [-0.15, -0.1) is 11.3 Å². The Morgan fingerprint density at radius 3 is 2.15 bits per heavy atom. The van der Waals surface area contributed by atoms with Crippen LogP contribution in [0.15, 0.2) is 63.4 Å². The number of thiophene rings is 1. The minimum atomic E-state index is 0.649. The topological polar surface area (TPSA) is 52.1 Å². The molecule has 26 heavy (non-hydrogen) atoms. The van der Waals surface area contributed by atoms with E-state index in [1.807, 2.05) is 37.3 Å². The summed E-state index contributed by atoms with van der Waals surface area (Å²) < 4.78 is 14.1. The Morgan fingerprint density at radius 2 is 1.42 bits per heavy atom. The first-order valence-electron chi connectivity index (χ1n) is 8.34. The number of aryl methyl sites for hydroxylation is 1. The van der Waals surface area contributed by atoms with E-state index >= 15 is 0 Å². The zero-order chi connectivity index (χ0) is 17.3. The maximum atomic E-state index is 6.03. The van der Waals surface area contributed by atoms with Crippen molar-refractivity contribution in [2.75, 3.05) is 0 Å². The molecule has 6 rings (SSSR count). The van der Waals surface area contributed by atoms with Crippen LogP contribution >= 0.6 is 11.3 Å². The molecule has 0 bridgehead atoms. The fraction of sp³-hybridized carbons (Fsp3) is 0.0476. The van der Waals surface area contributed by atoms with Crippen LogP contribution in [0.2, 0.25) is 0 Å². The summed E-state index contributed by atoms with van der Waals surface area (Å²) in [5.74, 6) is 1.34. The van der Waals surface area contributed by atoms with E-state index in [4.69, 9.17) is 8.83 Å². The SMILES string of the molecule is Cc1nc2cc3sc4cc5nc(-c6ccccc6)oc5cc4c3cc2o1. The molecule has 0 saturated heterocycles. The molecule has 0 fully saturated rings. The number of fused-ring (bicyclic) bond motifs is 5. The highest BCUT2D eigenvalue weighted by molar-refractivity contribution is 7.26. The average Bonchev–Trinajstić information content (AvgIpc) is 3.31. The third kappa shape index (κ3) is 1.95. The van der Waals surface area contributed by atoms with Crippen molar-refractivity contribution < 1.29 is 8.83 Å². The van der Waals surface area contributed by atoms with E-state index in [0.29, 0.717) is 11.8 Å². The van der Waals surface area contributed by atoms with Crippen LogP contribution in [0.4, 0.5) is 0 Å². The lowest BCUT2D eigenvalue weighted by atomic mass is 10.1. The Morgan fingerprint density at radius 1 is 0.769 bits per heavy atom. The maximum Gasteiger partial charge on any atom is 0.227 e. The molecule has 0 spiro atoms. The van der Waals surface area contributed by atoms with Crippen LogP contribution < -0.4 is 0 Å². The number of oxazole rings is 2. The van der Waals surface area contributed by atoms with Crippen molar-refractivity contribution >= 4 is 53.7 Å². The molecule has 0 saturated carbocycles. The second kappa shape index (κ2) is 4.93. The van der Waals surface area contributed by atoms with Gasteiger partial charge in [0.1, 0.15) is 11.0 Å². The molecule has 0 aliphatic heterocycles. The number of hydrogen-bond acceptors (Lipinski definition) is 5. The normalized spacial score (nSPS) is 12.0. The van der Waals surface area contributed by atoms with Crippen molar-refractivity contribution in [3.8, 4) is 11.5 Å². The van der Waals surface area contributed by atoms with E-state index < -0.39 is 0 Å². The maximum absolute atomic E-state index is 6.03. The fourth-order valence-corrected chi connectivity index (χ4v) is 4.57. The van der Waals surface area contributed by atoms with E-state index in [1.165, 1.54) is 9.40 Å². The van der Waals surface area contributed by atoms with Crippen molar-refractivity contribution in [1.29, 1.82) is 0 Å². The van der Waals surface area contributed by atoms with Gasteiger partial charge in [-0.25, -0.2) is 9.97 Å². The Bertz CT molecular complexity index is 1440. The van der Waals surface area contributed by atoms with Crippen LogP contribution in [0.25, 0.3) is 53.8 Å². The summed E-state index contributed by atoms with van der Waals surface area (Å²) in [5, 5.41) is 2.32. The smallest absolute Gasteiger partial charge is 0.227 e. The van der Waals surface area contributed by atoms with Gasteiger partial charge in [0, 0.05) is 32.7 Å². The van der Waals surface area contributed by atoms with Crippen molar-refractivity contribution in [2.24, 2.45) is 0 Å². The Labute approximate surface area is 151 Å². The van der Waals surface area contributed by atoms with Crippen LogP contribution in [0.1, 0.15) is 5.89 Å². The second-order valence-electron chi connectivity index (χ2n) is 6.35. The van der Waals surface area contributed by atoms with Crippen molar-refractivity contribution in [1.82, 2.24) is 9.97 Å². The van der Waals surface area contributed by atoms with Crippen LogP contribution in [0.3, 0.4) is 0 Å². The second-order valence-corrected chi connectivity index (χ2v) is 7.44. The minimum Gasteiger partial charge on any atom is -0.441 e. The van der Waals surface area contributed by atoms with Gasteiger partial charge in [-0.1, -0.05) is 18.2 Å². The predicted octanol–water partition coefficient (Wildman–Crippen LogP) is 6.31. The van der Waals surface area contributed by atoms with Gasteiger partial charge in [0.25, 0.3) is 0 Å². The van der Waals surface area contributed by atoms with Crippen molar-refractivity contribution in [3.63, 3.8) is 0 Å². The number of benzene rings is 3. The fourth-order valence-electron chi connectivity index (χ4n) is 3.44. The van der Waals surface area contributed by atoms with Gasteiger partial charge in [0.05, 0.1) is 0 Å². The van der Waals surface area contributed by atoms with Gasteiger partial charge < -0.3 is 8.83 Å². The molecule has 0 amide bonds. The summed E-state index contributed by atoms with van der Waals surface area (Å²) in [6.45, 7) is 1.87.